The monoisotopic (exact) mass is 259 g/mol. The number of rotatable bonds is 4. The number of hydrogen-bond acceptors (Lipinski definition) is 6. The normalized spacial score (nSPS) is 10.1. The number of aromatic carboxylic acids is 1. The third-order valence-corrected chi connectivity index (χ3v) is 2.53. The van der Waals surface area contributed by atoms with Crippen molar-refractivity contribution in [1.29, 1.82) is 0 Å². The van der Waals surface area contributed by atoms with E-state index in [-0.39, 0.29) is 11.5 Å². The zero-order valence-electron chi connectivity index (χ0n) is 10.00. The molecule has 1 heterocycles. The van der Waals surface area contributed by atoms with Crippen LogP contribution in [0.15, 0.2) is 30.5 Å². The molecule has 6 N–H and O–H groups in total. The third kappa shape index (κ3) is 3.09. The first-order valence-electron chi connectivity index (χ1n) is 5.50. The van der Waals surface area contributed by atoms with E-state index in [4.69, 9.17) is 16.6 Å². The summed E-state index contributed by atoms with van der Waals surface area (Å²) in [4.78, 5) is 18.4. The Kier molecular flexibility index (Phi) is 3.46. The van der Waals surface area contributed by atoms with Crippen LogP contribution < -0.4 is 16.8 Å². The molecule has 2 aromatic rings. The second-order valence-electron chi connectivity index (χ2n) is 3.87. The number of anilines is 3. The number of nitrogens with two attached hydrogens (primary N) is 2. The quantitative estimate of drug-likeness (QED) is 0.643. The van der Waals surface area contributed by atoms with Crippen LogP contribution in [-0.4, -0.2) is 21.0 Å². The fourth-order valence-electron chi connectivity index (χ4n) is 1.50. The molecule has 0 spiro atoms. The Morgan fingerprint density at radius 2 is 1.95 bits per heavy atom. The van der Waals surface area contributed by atoms with E-state index >= 15 is 0 Å². The van der Waals surface area contributed by atoms with Crippen molar-refractivity contribution in [2.24, 2.45) is 0 Å². The van der Waals surface area contributed by atoms with E-state index in [0.717, 1.165) is 11.3 Å². The maximum absolute atomic E-state index is 10.7. The van der Waals surface area contributed by atoms with Crippen molar-refractivity contribution in [3.8, 4) is 0 Å². The van der Waals surface area contributed by atoms with Crippen LogP contribution in [-0.2, 0) is 6.54 Å². The van der Waals surface area contributed by atoms with E-state index in [1.807, 2.05) is 0 Å². The number of carboxylic acid groups (broad SMARTS) is 1. The van der Waals surface area contributed by atoms with Gasteiger partial charge < -0.3 is 21.9 Å². The molecule has 0 bridgehead atoms. The SMILES string of the molecule is Nc1ncc(CNc2ccc(C(=O)O)cc2)c(N)n1. The van der Waals surface area contributed by atoms with E-state index in [1.165, 1.54) is 12.1 Å². The Bertz CT molecular complexity index is 598. The minimum atomic E-state index is -0.956. The summed E-state index contributed by atoms with van der Waals surface area (Å²) in [7, 11) is 0. The van der Waals surface area contributed by atoms with Gasteiger partial charge in [0.2, 0.25) is 5.95 Å². The standard InChI is InChI=1S/C12H13N5O2/c13-10-8(6-16-12(14)17-10)5-15-9-3-1-7(2-4-9)11(18)19/h1-4,6,15H,5H2,(H,18,19)(H4,13,14,16,17). The number of nitrogens with zero attached hydrogens (tertiary/aromatic N) is 2. The van der Waals surface area contributed by atoms with Crippen LogP contribution in [0.3, 0.4) is 0 Å². The lowest BCUT2D eigenvalue weighted by Crippen LogP contribution is -2.07. The number of carboxylic acids is 1. The average molecular weight is 259 g/mol. The van der Waals surface area contributed by atoms with Gasteiger partial charge in [-0.25, -0.2) is 9.78 Å². The maximum atomic E-state index is 10.7. The second kappa shape index (κ2) is 5.21. The van der Waals surface area contributed by atoms with Gasteiger partial charge in [-0.1, -0.05) is 0 Å². The van der Waals surface area contributed by atoms with Gasteiger partial charge in [0.15, 0.2) is 0 Å². The Labute approximate surface area is 109 Å². The molecule has 1 aromatic carbocycles. The van der Waals surface area contributed by atoms with Gasteiger partial charge in [-0.3, -0.25) is 0 Å². The molecule has 0 amide bonds. The van der Waals surface area contributed by atoms with Crippen molar-refractivity contribution < 1.29 is 9.90 Å². The van der Waals surface area contributed by atoms with Crippen LogP contribution in [0.25, 0.3) is 0 Å². The molecule has 0 fully saturated rings. The molecule has 0 unspecified atom stereocenters. The van der Waals surface area contributed by atoms with E-state index < -0.39 is 5.97 Å². The molecule has 0 aliphatic carbocycles. The first-order chi connectivity index (χ1) is 9.06. The fraction of sp³-hybridized carbons (Fsp3) is 0.0833. The average Bonchev–Trinajstić information content (AvgIpc) is 2.38. The molecule has 0 radical (unpaired) electrons. The Hall–Kier alpha value is -2.83. The Balaban J connectivity index is 2.04. The minimum Gasteiger partial charge on any atom is -0.478 e. The smallest absolute Gasteiger partial charge is 0.335 e. The van der Waals surface area contributed by atoms with Crippen molar-refractivity contribution >= 4 is 23.4 Å². The number of nitrogens with one attached hydrogen (secondary N) is 1. The first-order valence-corrected chi connectivity index (χ1v) is 5.50. The van der Waals surface area contributed by atoms with Crippen molar-refractivity contribution in [1.82, 2.24) is 9.97 Å². The summed E-state index contributed by atoms with van der Waals surface area (Å²) in [5, 5.41) is 11.9. The van der Waals surface area contributed by atoms with Gasteiger partial charge in [-0.05, 0) is 24.3 Å². The van der Waals surface area contributed by atoms with Crippen LogP contribution in [0.5, 0.6) is 0 Å². The summed E-state index contributed by atoms with van der Waals surface area (Å²) < 4.78 is 0. The lowest BCUT2D eigenvalue weighted by atomic mass is 10.2. The lowest BCUT2D eigenvalue weighted by molar-refractivity contribution is 0.0697. The van der Waals surface area contributed by atoms with Gasteiger partial charge in [0.25, 0.3) is 0 Å². The molecule has 1 aromatic heterocycles. The Morgan fingerprint density at radius 3 is 2.53 bits per heavy atom. The number of hydrogen-bond donors (Lipinski definition) is 4. The minimum absolute atomic E-state index is 0.132. The highest BCUT2D eigenvalue weighted by Gasteiger charge is 2.04. The molecule has 98 valence electrons. The first kappa shape index (κ1) is 12.6. The molecule has 0 atom stereocenters. The van der Waals surface area contributed by atoms with Gasteiger partial charge in [0, 0.05) is 24.0 Å². The lowest BCUT2D eigenvalue weighted by Gasteiger charge is -2.08. The van der Waals surface area contributed by atoms with E-state index in [0.29, 0.717) is 12.4 Å². The van der Waals surface area contributed by atoms with E-state index in [2.05, 4.69) is 15.3 Å². The van der Waals surface area contributed by atoms with Crippen LogP contribution in [0, 0.1) is 0 Å². The summed E-state index contributed by atoms with van der Waals surface area (Å²) >= 11 is 0. The summed E-state index contributed by atoms with van der Waals surface area (Å²) in [6, 6.07) is 6.40. The van der Waals surface area contributed by atoms with Crippen molar-refractivity contribution in [2.45, 2.75) is 6.54 Å². The zero-order valence-corrected chi connectivity index (χ0v) is 10.00. The highest BCUT2D eigenvalue weighted by Crippen LogP contribution is 2.13. The summed E-state index contributed by atoms with van der Waals surface area (Å²) in [6.45, 7) is 0.429. The van der Waals surface area contributed by atoms with E-state index in [9.17, 15) is 4.79 Å². The highest BCUT2D eigenvalue weighted by molar-refractivity contribution is 5.87. The number of nitrogen functional groups attached to an aromatic ring is 2. The van der Waals surface area contributed by atoms with Crippen LogP contribution in [0.2, 0.25) is 0 Å². The van der Waals surface area contributed by atoms with Crippen molar-refractivity contribution in [3.05, 3.63) is 41.6 Å². The predicted octanol–water partition coefficient (Wildman–Crippen LogP) is 0.951. The second-order valence-corrected chi connectivity index (χ2v) is 3.87. The van der Waals surface area contributed by atoms with E-state index in [1.54, 1.807) is 18.3 Å². The van der Waals surface area contributed by atoms with Gasteiger partial charge >= 0.3 is 5.97 Å². The molecule has 0 saturated heterocycles. The predicted molar refractivity (Wildman–Crippen MR) is 71.6 cm³/mol. The maximum Gasteiger partial charge on any atom is 0.335 e. The van der Waals surface area contributed by atoms with Crippen LogP contribution >= 0.6 is 0 Å². The van der Waals surface area contributed by atoms with Crippen LogP contribution in [0.4, 0.5) is 17.5 Å². The van der Waals surface area contributed by atoms with Gasteiger partial charge in [-0.2, -0.15) is 4.98 Å². The molecular formula is C12H13N5O2. The van der Waals surface area contributed by atoms with Gasteiger partial charge in [0.05, 0.1) is 5.56 Å². The fourth-order valence-corrected chi connectivity index (χ4v) is 1.50. The number of benzene rings is 1. The van der Waals surface area contributed by atoms with Crippen LogP contribution in [0.1, 0.15) is 15.9 Å². The summed E-state index contributed by atoms with van der Waals surface area (Å²) in [5.74, 6) is -0.503. The largest absolute Gasteiger partial charge is 0.478 e. The molecule has 0 saturated carbocycles. The summed E-state index contributed by atoms with van der Waals surface area (Å²) in [5.41, 5.74) is 12.8. The van der Waals surface area contributed by atoms with Gasteiger partial charge in [-0.15, -0.1) is 0 Å². The van der Waals surface area contributed by atoms with Crippen molar-refractivity contribution in [3.63, 3.8) is 0 Å². The molecule has 7 heteroatoms. The van der Waals surface area contributed by atoms with Crippen molar-refractivity contribution in [2.75, 3.05) is 16.8 Å². The topological polar surface area (TPSA) is 127 Å². The summed E-state index contributed by atoms with van der Waals surface area (Å²) in [6.07, 6.45) is 1.55. The molecule has 0 aliphatic rings. The van der Waals surface area contributed by atoms with Gasteiger partial charge in [0.1, 0.15) is 5.82 Å². The molecule has 0 aliphatic heterocycles. The third-order valence-electron chi connectivity index (χ3n) is 2.53. The number of aromatic nitrogens is 2. The number of carbonyl (C=O) groups is 1. The molecule has 7 nitrogen and oxygen atoms in total. The zero-order chi connectivity index (χ0) is 13.8. The molecular weight excluding hydrogens is 246 g/mol. The molecule has 2 rings (SSSR count). The Morgan fingerprint density at radius 1 is 1.26 bits per heavy atom. The highest BCUT2D eigenvalue weighted by atomic mass is 16.4. The molecule has 19 heavy (non-hydrogen) atoms.